The Hall–Kier alpha value is -1.85. The summed E-state index contributed by atoms with van der Waals surface area (Å²) < 4.78 is 2.91. The maximum atomic E-state index is 13.3. The van der Waals surface area contributed by atoms with E-state index in [0.717, 1.165) is 66.3 Å². The van der Waals surface area contributed by atoms with Crippen molar-refractivity contribution < 1.29 is 4.79 Å². The molecule has 1 aliphatic heterocycles. The number of piperazine rings is 1. The summed E-state index contributed by atoms with van der Waals surface area (Å²) in [6.07, 6.45) is 5.65. The number of alkyl halides is 1. The van der Waals surface area contributed by atoms with Crippen molar-refractivity contribution in [2.75, 3.05) is 37.2 Å². The maximum absolute atomic E-state index is 13.3. The van der Waals surface area contributed by atoms with Crippen LogP contribution in [0.25, 0.3) is 16.5 Å². The normalized spacial score (nSPS) is 17.4. The van der Waals surface area contributed by atoms with Gasteiger partial charge >= 0.3 is 0 Å². The van der Waals surface area contributed by atoms with Crippen LogP contribution in [0.4, 0.5) is 0 Å². The molecule has 4 heterocycles. The topological polar surface area (TPSA) is 67.2 Å². The number of nitrogens with zero attached hydrogens (tertiary/aromatic N) is 6. The van der Waals surface area contributed by atoms with Gasteiger partial charge in [0.2, 0.25) is 0 Å². The molecule has 2 fully saturated rings. The van der Waals surface area contributed by atoms with Crippen LogP contribution in [0.15, 0.2) is 36.0 Å². The molecule has 5 rings (SSSR count). The summed E-state index contributed by atoms with van der Waals surface area (Å²) in [6.45, 7) is 4.51. The second kappa shape index (κ2) is 8.72. The summed E-state index contributed by atoms with van der Waals surface area (Å²) in [7, 11) is 0. The molecule has 0 aromatic carbocycles. The Morgan fingerprint density at radius 2 is 2.03 bits per heavy atom. The molecule has 7 nitrogen and oxygen atoms in total. The molecule has 30 heavy (non-hydrogen) atoms. The number of hydrogen-bond donors (Lipinski definition) is 0. The van der Waals surface area contributed by atoms with Crippen molar-refractivity contribution in [3.05, 3.63) is 47.2 Å². The molecule has 1 saturated carbocycles. The number of hydrogen-bond acceptors (Lipinski definition) is 6. The first-order valence-corrected chi connectivity index (χ1v) is 12.7. The first kappa shape index (κ1) is 20.1. The molecule has 0 atom stereocenters. The Kier molecular flexibility index (Phi) is 5.83. The highest BCUT2D eigenvalue weighted by molar-refractivity contribution is 14.1. The fourth-order valence-electron chi connectivity index (χ4n) is 3.91. The zero-order chi connectivity index (χ0) is 20.5. The third-order valence-electron chi connectivity index (χ3n) is 5.67. The summed E-state index contributed by atoms with van der Waals surface area (Å²) in [5.74, 6) is 0.987. The van der Waals surface area contributed by atoms with E-state index < -0.39 is 0 Å². The first-order valence-electron chi connectivity index (χ1n) is 10.3. The quantitative estimate of drug-likeness (QED) is 0.358. The van der Waals surface area contributed by atoms with Gasteiger partial charge in [-0.05, 0) is 30.4 Å². The van der Waals surface area contributed by atoms with Crippen molar-refractivity contribution in [2.24, 2.45) is 0 Å². The molecule has 0 spiro atoms. The summed E-state index contributed by atoms with van der Waals surface area (Å²) >= 11 is 4.06. The van der Waals surface area contributed by atoms with E-state index in [2.05, 4.69) is 37.6 Å². The van der Waals surface area contributed by atoms with E-state index in [1.807, 2.05) is 28.5 Å². The van der Waals surface area contributed by atoms with E-state index >= 15 is 0 Å². The number of carbonyl (C=O) groups excluding carboxylic acids is 1. The first-order chi connectivity index (χ1) is 14.7. The molecular formula is C21H23IN6OS. The molecule has 0 N–H and O–H groups in total. The number of amides is 1. The number of rotatable bonds is 6. The molecule has 2 aliphatic rings. The lowest BCUT2D eigenvalue weighted by Crippen LogP contribution is -2.49. The van der Waals surface area contributed by atoms with E-state index in [4.69, 9.17) is 4.98 Å². The molecule has 0 radical (unpaired) electrons. The molecule has 0 bridgehead atoms. The van der Waals surface area contributed by atoms with Crippen molar-refractivity contribution in [1.29, 1.82) is 0 Å². The molecule has 1 aliphatic carbocycles. The Bertz CT molecular complexity index is 1020. The van der Waals surface area contributed by atoms with Gasteiger partial charge in [0.1, 0.15) is 0 Å². The predicted molar refractivity (Wildman–Crippen MR) is 126 cm³/mol. The fraction of sp³-hybridized carbons (Fsp3) is 0.429. The maximum Gasteiger partial charge on any atom is 0.257 e. The van der Waals surface area contributed by atoms with Crippen LogP contribution in [0, 0.1) is 0 Å². The lowest BCUT2D eigenvalue weighted by Gasteiger charge is -2.34. The van der Waals surface area contributed by atoms with Gasteiger partial charge in [-0.1, -0.05) is 28.7 Å². The highest BCUT2D eigenvalue weighted by atomic mass is 127. The van der Waals surface area contributed by atoms with Crippen molar-refractivity contribution >= 4 is 39.8 Å². The molecule has 9 heteroatoms. The zero-order valence-corrected chi connectivity index (χ0v) is 19.6. The number of carbonyl (C=O) groups is 1. The summed E-state index contributed by atoms with van der Waals surface area (Å²) in [6, 6.07) is 5.98. The van der Waals surface area contributed by atoms with E-state index in [9.17, 15) is 4.79 Å². The van der Waals surface area contributed by atoms with E-state index in [1.54, 1.807) is 28.4 Å². The van der Waals surface area contributed by atoms with Crippen LogP contribution < -0.4 is 0 Å². The van der Waals surface area contributed by atoms with Gasteiger partial charge in [0, 0.05) is 49.3 Å². The molecule has 156 valence electrons. The third kappa shape index (κ3) is 4.02. The van der Waals surface area contributed by atoms with Crippen LogP contribution in [0.5, 0.6) is 0 Å². The van der Waals surface area contributed by atoms with Crippen LogP contribution in [0.1, 0.15) is 34.8 Å². The van der Waals surface area contributed by atoms with Gasteiger partial charge in [-0.2, -0.15) is 5.10 Å². The molecule has 3 aromatic heterocycles. The highest BCUT2D eigenvalue weighted by Crippen LogP contribution is 2.42. The van der Waals surface area contributed by atoms with Gasteiger partial charge in [0.15, 0.2) is 0 Å². The Morgan fingerprint density at radius 3 is 2.73 bits per heavy atom. The number of aromatic nitrogens is 4. The van der Waals surface area contributed by atoms with Gasteiger partial charge in [-0.25, -0.2) is 14.6 Å². The summed E-state index contributed by atoms with van der Waals surface area (Å²) in [5.41, 5.74) is 2.56. The summed E-state index contributed by atoms with van der Waals surface area (Å²) in [5, 5.41) is 6.61. The fourth-order valence-corrected chi connectivity index (χ4v) is 5.29. The third-order valence-corrected chi connectivity index (χ3v) is 7.04. The van der Waals surface area contributed by atoms with Gasteiger partial charge in [0.25, 0.3) is 11.9 Å². The SMILES string of the molecule is O=C(c1cnn(-c2nccc(-c3cccs3)n2)c1C1CC1)N1CCN(CCI)CC1. The summed E-state index contributed by atoms with van der Waals surface area (Å²) in [4.78, 5) is 28.0. The second-order valence-electron chi connectivity index (χ2n) is 7.67. The number of halogens is 1. The van der Waals surface area contributed by atoms with Crippen LogP contribution in [0.2, 0.25) is 0 Å². The van der Waals surface area contributed by atoms with E-state index in [-0.39, 0.29) is 5.91 Å². The largest absolute Gasteiger partial charge is 0.336 e. The minimum atomic E-state index is 0.0895. The lowest BCUT2D eigenvalue weighted by atomic mass is 10.1. The van der Waals surface area contributed by atoms with Crippen LogP contribution in [-0.4, -0.2) is 72.6 Å². The number of thiophene rings is 1. The van der Waals surface area contributed by atoms with Crippen LogP contribution in [-0.2, 0) is 0 Å². The zero-order valence-electron chi connectivity index (χ0n) is 16.6. The van der Waals surface area contributed by atoms with Gasteiger partial charge in [-0.15, -0.1) is 11.3 Å². The van der Waals surface area contributed by atoms with Crippen LogP contribution >= 0.6 is 33.9 Å². The minimum Gasteiger partial charge on any atom is -0.336 e. The van der Waals surface area contributed by atoms with Crippen molar-refractivity contribution in [2.45, 2.75) is 18.8 Å². The van der Waals surface area contributed by atoms with Crippen molar-refractivity contribution in [3.8, 4) is 16.5 Å². The monoisotopic (exact) mass is 534 g/mol. The Labute approximate surface area is 193 Å². The highest BCUT2D eigenvalue weighted by Gasteiger charge is 2.35. The predicted octanol–water partition coefficient (Wildman–Crippen LogP) is 3.46. The molecule has 1 amide bonds. The van der Waals surface area contributed by atoms with Gasteiger partial charge in [0.05, 0.1) is 28.0 Å². The van der Waals surface area contributed by atoms with E-state index in [0.29, 0.717) is 17.4 Å². The minimum absolute atomic E-state index is 0.0895. The smallest absolute Gasteiger partial charge is 0.257 e. The van der Waals surface area contributed by atoms with E-state index in [1.165, 1.54) is 0 Å². The second-order valence-corrected chi connectivity index (χ2v) is 9.70. The molecule has 3 aromatic rings. The molecular weight excluding hydrogens is 511 g/mol. The molecule has 0 unspecified atom stereocenters. The Balaban J connectivity index is 1.43. The average molecular weight is 534 g/mol. The van der Waals surface area contributed by atoms with Crippen LogP contribution in [0.3, 0.4) is 0 Å². The standard InChI is InChI=1S/C21H23IN6OS/c22-6-8-26-9-11-27(12-10-26)20(29)16-14-24-28(19(16)15-3-4-15)21-23-7-5-17(25-21)18-2-1-13-30-18/h1-2,5,7,13-15H,3-4,6,8-12H2. The lowest BCUT2D eigenvalue weighted by molar-refractivity contribution is 0.0644. The van der Waals surface area contributed by atoms with Gasteiger partial charge in [-0.3, -0.25) is 9.69 Å². The van der Waals surface area contributed by atoms with Crippen molar-refractivity contribution in [3.63, 3.8) is 0 Å². The average Bonchev–Trinajstić information content (AvgIpc) is 3.28. The van der Waals surface area contributed by atoms with Crippen molar-refractivity contribution in [1.82, 2.24) is 29.5 Å². The molecule has 1 saturated heterocycles. The Morgan fingerprint density at radius 1 is 1.20 bits per heavy atom. The van der Waals surface area contributed by atoms with Gasteiger partial charge < -0.3 is 4.90 Å².